The van der Waals surface area contributed by atoms with Gasteiger partial charge in [-0.15, -0.1) is 0 Å². The Kier molecular flexibility index (Phi) is 2.74. The molecule has 0 aliphatic carbocycles. The second kappa shape index (κ2) is 4.40. The van der Waals surface area contributed by atoms with Gasteiger partial charge in [0.2, 0.25) is 11.8 Å². The summed E-state index contributed by atoms with van der Waals surface area (Å²) in [6.45, 7) is 1.17. The van der Waals surface area contributed by atoms with Gasteiger partial charge in [-0.3, -0.25) is 14.6 Å². The van der Waals surface area contributed by atoms with Crippen LogP contribution in [0.2, 0.25) is 0 Å². The van der Waals surface area contributed by atoms with Crippen LogP contribution in [0.3, 0.4) is 0 Å². The van der Waals surface area contributed by atoms with Gasteiger partial charge in [0.05, 0.1) is 11.9 Å². The molecule has 1 unspecified atom stereocenters. The van der Waals surface area contributed by atoms with Crippen LogP contribution < -0.4 is 4.90 Å². The van der Waals surface area contributed by atoms with Crippen LogP contribution in [-0.4, -0.2) is 40.8 Å². The number of hydrogen-bond acceptors (Lipinski definition) is 3. The third kappa shape index (κ3) is 1.75. The van der Waals surface area contributed by atoms with E-state index in [1.807, 2.05) is 12.1 Å². The highest BCUT2D eigenvalue weighted by Gasteiger charge is 2.39. The first kappa shape index (κ1) is 11.2. The quantitative estimate of drug-likeness (QED) is 0.735. The molecule has 0 saturated carbocycles. The number of rotatable bonds is 1. The van der Waals surface area contributed by atoms with Crippen molar-refractivity contribution < 1.29 is 9.59 Å². The SMILES string of the molecule is O=C1C2CCCN2C(=O)CCN1c1cccnc1. The highest BCUT2D eigenvalue weighted by atomic mass is 16.2. The van der Waals surface area contributed by atoms with E-state index in [0.29, 0.717) is 13.0 Å². The maximum absolute atomic E-state index is 12.5. The van der Waals surface area contributed by atoms with Gasteiger partial charge in [-0.2, -0.15) is 0 Å². The van der Waals surface area contributed by atoms with Gasteiger partial charge in [-0.1, -0.05) is 0 Å². The number of nitrogens with zero attached hydrogens (tertiary/aromatic N) is 3. The van der Waals surface area contributed by atoms with E-state index in [4.69, 9.17) is 0 Å². The molecule has 5 heteroatoms. The van der Waals surface area contributed by atoms with Gasteiger partial charge in [0.15, 0.2) is 0 Å². The fraction of sp³-hybridized carbons (Fsp3) is 0.462. The lowest BCUT2D eigenvalue weighted by molar-refractivity contribution is -0.135. The molecule has 0 bridgehead atoms. The first-order chi connectivity index (χ1) is 8.77. The molecule has 3 rings (SSSR count). The Morgan fingerprint density at radius 1 is 1.28 bits per heavy atom. The summed E-state index contributed by atoms with van der Waals surface area (Å²) in [5.74, 6) is 0.128. The molecule has 0 spiro atoms. The summed E-state index contributed by atoms with van der Waals surface area (Å²) in [6, 6.07) is 3.40. The summed E-state index contributed by atoms with van der Waals surface area (Å²) >= 11 is 0. The smallest absolute Gasteiger partial charge is 0.249 e. The fourth-order valence-corrected chi connectivity index (χ4v) is 2.73. The van der Waals surface area contributed by atoms with Crippen LogP contribution in [0.1, 0.15) is 19.3 Å². The Labute approximate surface area is 105 Å². The lowest BCUT2D eigenvalue weighted by Gasteiger charge is -2.24. The van der Waals surface area contributed by atoms with Gasteiger partial charge in [-0.25, -0.2) is 0 Å². The largest absolute Gasteiger partial charge is 0.331 e. The van der Waals surface area contributed by atoms with Crippen LogP contribution >= 0.6 is 0 Å². The highest BCUT2D eigenvalue weighted by molar-refractivity contribution is 6.01. The molecule has 2 fully saturated rings. The molecular formula is C13H15N3O2. The van der Waals surface area contributed by atoms with E-state index in [1.165, 1.54) is 0 Å². The van der Waals surface area contributed by atoms with Crippen LogP contribution in [0.5, 0.6) is 0 Å². The van der Waals surface area contributed by atoms with E-state index in [2.05, 4.69) is 4.98 Å². The van der Waals surface area contributed by atoms with Crippen LogP contribution in [0.25, 0.3) is 0 Å². The van der Waals surface area contributed by atoms with Crippen molar-refractivity contribution in [2.24, 2.45) is 0 Å². The number of carbonyl (C=O) groups is 2. The molecular weight excluding hydrogens is 230 g/mol. The zero-order valence-electron chi connectivity index (χ0n) is 10.1. The van der Waals surface area contributed by atoms with Gasteiger partial charge in [-0.05, 0) is 25.0 Å². The maximum atomic E-state index is 12.5. The fourth-order valence-electron chi connectivity index (χ4n) is 2.73. The molecule has 2 aliphatic rings. The summed E-state index contributed by atoms with van der Waals surface area (Å²) in [4.78, 5) is 31.9. The molecule has 0 aromatic carbocycles. The zero-order chi connectivity index (χ0) is 12.5. The molecule has 5 nitrogen and oxygen atoms in total. The van der Waals surface area contributed by atoms with Crippen molar-refractivity contribution in [3.05, 3.63) is 24.5 Å². The van der Waals surface area contributed by atoms with Crippen molar-refractivity contribution in [1.29, 1.82) is 0 Å². The number of anilines is 1. The molecule has 1 atom stereocenters. The maximum Gasteiger partial charge on any atom is 0.249 e. The third-order valence-electron chi connectivity index (χ3n) is 3.63. The summed E-state index contributed by atoms with van der Waals surface area (Å²) in [7, 11) is 0. The Balaban J connectivity index is 1.92. The van der Waals surface area contributed by atoms with Crippen LogP contribution in [0, 0.1) is 0 Å². The zero-order valence-corrected chi connectivity index (χ0v) is 10.1. The standard InChI is InChI=1S/C13H15N3O2/c17-12-5-8-15(10-3-1-6-14-9-10)13(18)11-4-2-7-16(11)12/h1,3,6,9,11H,2,4-5,7-8H2. The molecule has 94 valence electrons. The predicted molar refractivity (Wildman–Crippen MR) is 65.9 cm³/mol. The molecule has 3 heterocycles. The molecule has 18 heavy (non-hydrogen) atoms. The van der Waals surface area contributed by atoms with Crippen LogP contribution in [-0.2, 0) is 9.59 Å². The lowest BCUT2D eigenvalue weighted by Crippen LogP contribution is -2.43. The first-order valence-electron chi connectivity index (χ1n) is 6.28. The molecule has 2 aliphatic heterocycles. The normalized spacial score (nSPS) is 24.1. The van der Waals surface area contributed by atoms with Gasteiger partial charge in [0, 0.05) is 25.7 Å². The molecule has 0 radical (unpaired) electrons. The van der Waals surface area contributed by atoms with E-state index < -0.39 is 0 Å². The first-order valence-corrected chi connectivity index (χ1v) is 6.28. The Bertz CT molecular complexity index is 474. The minimum atomic E-state index is -0.264. The second-order valence-corrected chi connectivity index (χ2v) is 4.70. The Hall–Kier alpha value is -1.91. The highest BCUT2D eigenvalue weighted by Crippen LogP contribution is 2.26. The molecule has 1 aromatic heterocycles. The minimum Gasteiger partial charge on any atom is -0.331 e. The average molecular weight is 245 g/mol. The summed E-state index contributed by atoms with van der Waals surface area (Å²) < 4.78 is 0. The number of carbonyl (C=O) groups excluding carboxylic acids is 2. The summed E-state index contributed by atoms with van der Waals surface area (Å²) in [5, 5.41) is 0. The Morgan fingerprint density at radius 2 is 2.17 bits per heavy atom. The van der Waals surface area contributed by atoms with Crippen molar-refractivity contribution in [2.75, 3.05) is 18.0 Å². The molecule has 2 saturated heterocycles. The second-order valence-electron chi connectivity index (χ2n) is 4.70. The topological polar surface area (TPSA) is 53.5 Å². The van der Waals surface area contributed by atoms with Gasteiger partial charge in [0.1, 0.15) is 6.04 Å². The summed E-state index contributed by atoms with van der Waals surface area (Å²) in [6.07, 6.45) is 5.45. The van der Waals surface area contributed by atoms with Gasteiger partial charge < -0.3 is 9.80 Å². The van der Waals surface area contributed by atoms with Crippen molar-refractivity contribution in [3.63, 3.8) is 0 Å². The van der Waals surface area contributed by atoms with E-state index in [9.17, 15) is 9.59 Å². The van der Waals surface area contributed by atoms with Crippen molar-refractivity contribution in [1.82, 2.24) is 9.88 Å². The minimum absolute atomic E-state index is 0.0337. The van der Waals surface area contributed by atoms with Crippen LogP contribution in [0.4, 0.5) is 5.69 Å². The predicted octanol–water partition coefficient (Wildman–Crippen LogP) is 0.809. The van der Waals surface area contributed by atoms with Crippen molar-refractivity contribution >= 4 is 17.5 Å². The molecule has 0 N–H and O–H groups in total. The molecule has 1 aromatic rings. The van der Waals surface area contributed by atoms with E-state index >= 15 is 0 Å². The van der Waals surface area contributed by atoms with Gasteiger partial charge >= 0.3 is 0 Å². The number of hydrogen-bond donors (Lipinski definition) is 0. The number of aromatic nitrogens is 1. The van der Waals surface area contributed by atoms with E-state index in [0.717, 1.165) is 25.1 Å². The Morgan fingerprint density at radius 3 is 2.94 bits per heavy atom. The van der Waals surface area contributed by atoms with Crippen molar-refractivity contribution in [3.8, 4) is 0 Å². The van der Waals surface area contributed by atoms with Crippen LogP contribution in [0.15, 0.2) is 24.5 Å². The third-order valence-corrected chi connectivity index (χ3v) is 3.63. The monoisotopic (exact) mass is 245 g/mol. The van der Waals surface area contributed by atoms with E-state index in [-0.39, 0.29) is 17.9 Å². The van der Waals surface area contributed by atoms with Crippen molar-refractivity contribution in [2.45, 2.75) is 25.3 Å². The summed E-state index contributed by atoms with van der Waals surface area (Å²) in [5.41, 5.74) is 0.782. The lowest BCUT2D eigenvalue weighted by atomic mass is 10.2. The van der Waals surface area contributed by atoms with Gasteiger partial charge in [0.25, 0.3) is 0 Å². The number of fused-ring (bicyclic) bond motifs is 1. The van der Waals surface area contributed by atoms with E-state index in [1.54, 1.807) is 22.2 Å². The number of amides is 2. The number of pyridine rings is 1. The molecule has 2 amide bonds. The average Bonchev–Trinajstić information content (AvgIpc) is 2.85.